The molecule has 3 aliphatic rings. The van der Waals surface area contributed by atoms with Gasteiger partial charge in [-0.05, 0) is 56.2 Å². The molecule has 2 bridgehead atoms. The van der Waals surface area contributed by atoms with Crippen molar-refractivity contribution in [2.45, 2.75) is 64.0 Å². The fourth-order valence-corrected chi connectivity index (χ4v) is 4.81. The second kappa shape index (κ2) is 9.51. The van der Waals surface area contributed by atoms with E-state index in [0.717, 1.165) is 32.2 Å². The van der Waals surface area contributed by atoms with E-state index in [1.54, 1.807) is 16.8 Å². The van der Waals surface area contributed by atoms with Crippen LogP contribution in [0.5, 0.6) is 11.8 Å². The molecular weight excluding hydrogens is 423 g/mol. The topological polar surface area (TPSA) is 99.6 Å². The molecule has 8 nitrogen and oxygen atoms in total. The van der Waals surface area contributed by atoms with E-state index in [4.69, 9.17) is 15.2 Å². The van der Waals surface area contributed by atoms with Gasteiger partial charge in [0.05, 0.1) is 18.5 Å². The number of halogens is 1. The van der Waals surface area contributed by atoms with Crippen molar-refractivity contribution < 1.29 is 13.9 Å². The molecule has 176 valence electrons. The molecular formula is C24H31FN6O2. The number of unbranched alkanes of at least 4 members (excludes halogenated alkanes) is 1. The van der Waals surface area contributed by atoms with Crippen molar-refractivity contribution in [2.24, 2.45) is 5.92 Å². The molecule has 0 amide bonds. The molecule has 2 unspecified atom stereocenters. The molecule has 1 aliphatic carbocycles. The van der Waals surface area contributed by atoms with Crippen molar-refractivity contribution >= 4 is 11.5 Å². The first kappa shape index (κ1) is 21.9. The van der Waals surface area contributed by atoms with E-state index < -0.39 is 0 Å². The van der Waals surface area contributed by atoms with Crippen LogP contribution in [0.1, 0.15) is 56.7 Å². The van der Waals surface area contributed by atoms with Crippen molar-refractivity contribution in [3.8, 4) is 11.8 Å². The number of ether oxygens (including phenoxy) is 2. The lowest BCUT2D eigenvalue weighted by atomic mass is 9.97. The van der Waals surface area contributed by atoms with Gasteiger partial charge in [-0.3, -0.25) is 0 Å². The Kier molecular flexibility index (Phi) is 6.30. The molecule has 2 saturated heterocycles. The van der Waals surface area contributed by atoms with Crippen LogP contribution in [0.3, 0.4) is 0 Å². The summed E-state index contributed by atoms with van der Waals surface area (Å²) >= 11 is 0. The smallest absolute Gasteiger partial charge is 0.336 e. The number of nitrogens with two attached hydrogens (primary N) is 1. The summed E-state index contributed by atoms with van der Waals surface area (Å²) in [6.07, 6.45) is 8.46. The molecule has 6 rings (SSSR count). The summed E-state index contributed by atoms with van der Waals surface area (Å²) in [7, 11) is 0. The average molecular weight is 455 g/mol. The van der Waals surface area contributed by atoms with Crippen molar-refractivity contribution in [1.29, 1.82) is 0 Å². The molecule has 4 heterocycles. The molecule has 33 heavy (non-hydrogen) atoms. The molecule has 1 saturated carbocycles. The molecule has 3 N–H and O–H groups in total. The maximum Gasteiger partial charge on any atom is 0.336 e. The number of nitrogen functional groups attached to an aromatic ring is 1. The Morgan fingerprint density at radius 2 is 2.18 bits per heavy atom. The van der Waals surface area contributed by atoms with Gasteiger partial charge in [-0.15, -0.1) is 5.10 Å². The molecule has 3 atom stereocenters. The number of aromatic nitrogens is 4. The van der Waals surface area contributed by atoms with Crippen LogP contribution in [-0.2, 0) is 6.42 Å². The van der Waals surface area contributed by atoms with E-state index in [-0.39, 0.29) is 23.7 Å². The molecule has 1 aromatic carbocycles. The largest absolute Gasteiger partial charge is 0.490 e. The fourth-order valence-electron chi connectivity index (χ4n) is 4.81. The van der Waals surface area contributed by atoms with Crippen molar-refractivity contribution in [3.05, 3.63) is 41.5 Å². The summed E-state index contributed by atoms with van der Waals surface area (Å²) < 4.78 is 28.4. The number of imidazole rings is 1. The summed E-state index contributed by atoms with van der Waals surface area (Å²) in [4.78, 5) is 8.48. The highest BCUT2D eigenvalue weighted by Crippen LogP contribution is 2.31. The van der Waals surface area contributed by atoms with Crippen LogP contribution in [0.15, 0.2) is 24.4 Å². The maximum absolute atomic E-state index is 15.0. The molecule has 9 heteroatoms. The van der Waals surface area contributed by atoms with Gasteiger partial charge in [0.25, 0.3) is 0 Å². The third-order valence-corrected chi connectivity index (χ3v) is 6.63. The first-order chi connectivity index (χ1) is 16.1. The Morgan fingerprint density at radius 3 is 2.97 bits per heavy atom. The highest BCUT2D eigenvalue weighted by atomic mass is 19.1. The number of piperidine rings is 1. The summed E-state index contributed by atoms with van der Waals surface area (Å²) in [6, 6.07) is 5.82. The molecule has 3 aromatic rings. The van der Waals surface area contributed by atoms with Crippen LogP contribution in [-0.4, -0.2) is 44.9 Å². The summed E-state index contributed by atoms with van der Waals surface area (Å²) in [5, 5.41) is 7.99. The van der Waals surface area contributed by atoms with E-state index in [1.165, 1.54) is 18.9 Å². The molecule has 0 radical (unpaired) electrons. The van der Waals surface area contributed by atoms with Gasteiger partial charge < -0.3 is 20.5 Å². The van der Waals surface area contributed by atoms with Gasteiger partial charge >= 0.3 is 6.01 Å². The molecule has 2 aromatic heterocycles. The van der Waals surface area contributed by atoms with Gasteiger partial charge in [-0.2, -0.15) is 4.98 Å². The third kappa shape index (κ3) is 4.88. The van der Waals surface area contributed by atoms with E-state index in [1.807, 2.05) is 6.07 Å². The number of hydrogen-bond donors (Lipinski definition) is 2. The van der Waals surface area contributed by atoms with Crippen LogP contribution < -0.4 is 20.5 Å². The Labute approximate surface area is 192 Å². The van der Waals surface area contributed by atoms with Crippen molar-refractivity contribution in [2.75, 3.05) is 18.9 Å². The van der Waals surface area contributed by atoms with Gasteiger partial charge in [-0.1, -0.05) is 19.4 Å². The van der Waals surface area contributed by atoms with E-state index >= 15 is 4.39 Å². The van der Waals surface area contributed by atoms with Gasteiger partial charge in [-0.25, -0.2) is 13.9 Å². The van der Waals surface area contributed by atoms with Crippen LogP contribution in [0.25, 0.3) is 5.65 Å². The Bertz CT molecular complexity index is 1100. The minimum absolute atomic E-state index is 0.132. The molecule has 0 spiro atoms. The minimum atomic E-state index is -0.307. The predicted octanol–water partition coefficient (Wildman–Crippen LogP) is 3.52. The first-order valence-electron chi connectivity index (χ1n) is 11.9. The third-order valence-electron chi connectivity index (χ3n) is 6.63. The first-order valence-corrected chi connectivity index (χ1v) is 11.9. The summed E-state index contributed by atoms with van der Waals surface area (Å²) in [5.74, 6) is 1.16. The maximum atomic E-state index is 15.0. The second-order valence-corrected chi connectivity index (χ2v) is 9.16. The number of hydrogen-bond acceptors (Lipinski definition) is 7. The number of benzene rings is 1. The molecule has 2 aliphatic heterocycles. The lowest BCUT2D eigenvalue weighted by molar-refractivity contribution is 0.173. The number of rotatable bonds is 8. The van der Waals surface area contributed by atoms with Crippen LogP contribution in [0, 0.1) is 11.7 Å². The Balaban J connectivity index is 1.31. The lowest BCUT2D eigenvalue weighted by Gasteiger charge is -2.23. The van der Waals surface area contributed by atoms with Gasteiger partial charge in [0, 0.05) is 18.5 Å². The zero-order chi connectivity index (χ0) is 22.8. The Hall–Kier alpha value is -2.94. The highest BCUT2D eigenvalue weighted by Gasteiger charge is 2.31. The van der Waals surface area contributed by atoms with E-state index in [0.29, 0.717) is 47.6 Å². The Morgan fingerprint density at radius 1 is 1.27 bits per heavy atom. The van der Waals surface area contributed by atoms with E-state index in [2.05, 4.69) is 27.3 Å². The summed E-state index contributed by atoms with van der Waals surface area (Å²) in [6.45, 7) is 3.66. The predicted molar refractivity (Wildman–Crippen MR) is 123 cm³/mol. The zero-order valence-electron chi connectivity index (χ0n) is 19.0. The van der Waals surface area contributed by atoms with Gasteiger partial charge in [0.2, 0.25) is 0 Å². The number of fused-ring (bicyclic) bond motifs is 5. The van der Waals surface area contributed by atoms with Crippen LogP contribution >= 0.6 is 0 Å². The zero-order valence-corrected chi connectivity index (χ0v) is 19.0. The SMILES string of the molecule is CCCCOc1nc(N)c2ncc(Cc3ccc(OC4CC5CC[C@@H](C4)NC5)cc3F)n2n1. The monoisotopic (exact) mass is 454 g/mol. The quantitative estimate of drug-likeness (QED) is 0.502. The second-order valence-electron chi connectivity index (χ2n) is 9.16. The molecule has 3 fully saturated rings. The standard InChI is InChI=1S/C24H31FN6O2/c1-2-3-8-32-24-29-22(26)23-28-14-18(31(23)30-24)10-16-5-7-19(12-21(16)25)33-20-9-15-4-6-17(11-20)27-13-15/h5,7,12,14-15,17,20,27H,2-4,6,8-11,13H2,1H3,(H2,26,29,30)/t15?,17-,20?/m0/s1. The fraction of sp³-hybridized carbons (Fsp3) is 0.542. The minimum Gasteiger partial charge on any atom is -0.490 e. The van der Waals surface area contributed by atoms with Gasteiger partial charge in [0.1, 0.15) is 17.7 Å². The van der Waals surface area contributed by atoms with Crippen LogP contribution in [0.4, 0.5) is 10.2 Å². The lowest BCUT2D eigenvalue weighted by Crippen LogP contribution is -2.36. The number of anilines is 1. The average Bonchev–Trinajstić information content (AvgIpc) is 2.97. The van der Waals surface area contributed by atoms with Crippen molar-refractivity contribution in [3.63, 3.8) is 0 Å². The van der Waals surface area contributed by atoms with Crippen molar-refractivity contribution in [1.82, 2.24) is 24.9 Å². The number of nitrogens with zero attached hydrogens (tertiary/aromatic N) is 4. The normalized spacial score (nSPS) is 22.4. The number of nitrogens with one attached hydrogen (secondary N) is 1. The van der Waals surface area contributed by atoms with Crippen LogP contribution in [0.2, 0.25) is 0 Å². The van der Waals surface area contributed by atoms with E-state index in [9.17, 15) is 0 Å². The van der Waals surface area contributed by atoms with Gasteiger partial charge in [0.15, 0.2) is 11.5 Å². The summed E-state index contributed by atoms with van der Waals surface area (Å²) in [5.41, 5.74) is 7.71. The highest BCUT2D eigenvalue weighted by molar-refractivity contribution is 5.59.